The first-order valence-electron chi connectivity index (χ1n) is 7.63. The summed E-state index contributed by atoms with van der Waals surface area (Å²) in [5.41, 5.74) is 2.39. The molecule has 0 aromatic carbocycles. The standard InChI is InChI=1S/C15H27NO8/c1-5-22-8-9-23-15(12(18)19,13(20)21)10(16)6-7-11(17)24-14(2,3)4/h10H,5-9,16H2,1-4H3,(H,18,19)(H,20,21). The SMILES string of the molecule is CCOCCOC(C(=O)O)(C(=O)O)C(N)CCC(=O)OC(C)(C)C. The largest absolute Gasteiger partial charge is 0.479 e. The Balaban J connectivity index is 4.97. The van der Waals surface area contributed by atoms with Gasteiger partial charge in [-0.15, -0.1) is 0 Å². The third kappa shape index (κ3) is 6.81. The molecule has 0 saturated heterocycles. The van der Waals surface area contributed by atoms with Crippen LogP contribution < -0.4 is 5.73 Å². The molecule has 0 aromatic rings. The van der Waals surface area contributed by atoms with E-state index in [0.29, 0.717) is 6.61 Å². The summed E-state index contributed by atoms with van der Waals surface area (Å²) in [6.07, 6.45) is -0.447. The van der Waals surface area contributed by atoms with Crippen LogP contribution in [0, 0.1) is 0 Å². The smallest absolute Gasteiger partial charge is 0.349 e. The van der Waals surface area contributed by atoms with Crippen LogP contribution in [-0.4, -0.2) is 65.2 Å². The number of rotatable bonds is 11. The van der Waals surface area contributed by atoms with Crippen LogP contribution in [0.5, 0.6) is 0 Å². The Hall–Kier alpha value is -1.71. The second kappa shape index (κ2) is 9.55. The molecule has 0 amide bonds. The summed E-state index contributed by atoms with van der Waals surface area (Å²) in [7, 11) is 0. The Labute approximate surface area is 141 Å². The second-order valence-electron chi connectivity index (χ2n) is 6.12. The number of ether oxygens (including phenoxy) is 3. The minimum Gasteiger partial charge on any atom is -0.479 e. The van der Waals surface area contributed by atoms with Crippen LogP contribution in [0.4, 0.5) is 0 Å². The zero-order chi connectivity index (χ0) is 19.0. The van der Waals surface area contributed by atoms with Crippen LogP contribution in [0.1, 0.15) is 40.5 Å². The number of carboxylic acids is 2. The van der Waals surface area contributed by atoms with Gasteiger partial charge in [-0.2, -0.15) is 0 Å². The van der Waals surface area contributed by atoms with Crippen molar-refractivity contribution in [1.29, 1.82) is 0 Å². The highest BCUT2D eigenvalue weighted by Gasteiger charge is 2.53. The zero-order valence-electron chi connectivity index (χ0n) is 14.5. The molecule has 0 saturated carbocycles. The van der Waals surface area contributed by atoms with Crippen molar-refractivity contribution in [2.24, 2.45) is 5.73 Å². The van der Waals surface area contributed by atoms with Gasteiger partial charge in [0.1, 0.15) is 5.60 Å². The van der Waals surface area contributed by atoms with Crippen molar-refractivity contribution in [1.82, 2.24) is 0 Å². The van der Waals surface area contributed by atoms with Gasteiger partial charge in [-0.05, 0) is 34.1 Å². The van der Waals surface area contributed by atoms with E-state index in [1.807, 2.05) is 0 Å². The molecular weight excluding hydrogens is 322 g/mol. The third-order valence-electron chi connectivity index (χ3n) is 3.00. The van der Waals surface area contributed by atoms with E-state index in [2.05, 4.69) is 0 Å². The fourth-order valence-electron chi connectivity index (χ4n) is 1.91. The number of hydrogen-bond acceptors (Lipinski definition) is 7. The molecule has 0 bridgehead atoms. The van der Waals surface area contributed by atoms with Crippen molar-refractivity contribution < 1.29 is 38.8 Å². The minimum atomic E-state index is -2.65. The lowest BCUT2D eigenvalue weighted by Gasteiger charge is -2.31. The number of esters is 1. The van der Waals surface area contributed by atoms with Crippen LogP contribution >= 0.6 is 0 Å². The lowest BCUT2D eigenvalue weighted by Crippen LogP contribution is -2.61. The van der Waals surface area contributed by atoms with E-state index in [1.165, 1.54) is 0 Å². The van der Waals surface area contributed by atoms with Gasteiger partial charge in [0.15, 0.2) is 0 Å². The van der Waals surface area contributed by atoms with Gasteiger partial charge in [-0.1, -0.05) is 0 Å². The number of carbonyl (C=O) groups excluding carboxylic acids is 1. The van der Waals surface area contributed by atoms with E-state index in [-0.39, 0.29) is 26.1 Å². The molecule has 0 radical (unpaired) electrons. The normalized spacial score (nSPS) is 13.4. The Bertz CT molecular complexity index is 429. The highest BCUT2D eigenvalue weighted by atomic mass is 16.6. The van der Waals surface area contributed by atoms with Gasteiger partial charge in [-0.3, -0.25) is 4.79 Å². The summed E-state index contributed by atoms with van der Waals surface area (Å²) in [5.74, 6) is -4.07. The molecular formula is C15H27NO8. The van der Waals surface area contributed by atoms with Crippen molar-refractivity contribution in [3.8, 4) is 0 Å². The van der Waals surface area contributed by atoms with Crippen LogP contribution in [0.25, 0.3) is 0 Å². The maximum Gasteiger partial charge on any atom is 0.349 e. The molecule has 0 spiro atoms. The average Bonchev–Trinajstić information content (AvgIpc) is 2.42. The third-order valence-corrected chi connectivity index (χ3v) is 3.00. The molecule has 24 heavy (non-hydrogen) atoms. The first-order valence-corrected chi connectivity index (χ1v) is 7.63. The van der Waals surface area contributed by atoms with Crippen molar-refractivity contribution >= 4 is 17.9 Å². The summed E-state index contributed by atoms with van der Waals surface area (Å²) >= 11 is 0. The molecule has 0 fully saturated rings. The predicted molar refractivity (Wildman–Crippen MR) is 83.5 cm³/mol. The van der Waals surface area contributed by atoms with Crippen LogP contribution in [0.2, 0.25) is 0 Å². The summed E-state index contributed by atoms with van der Waals surface area (Å²) in [6, 6.07) is -1.44. The highest BCUT2D eigenvalue weighted by molar-refractivity contribution is 6.03. The van der Waals surface area contributed by atoms with Crippen molar-refractivity contribution in [2.45, 2.75) is 57.8 Å². The topological polar surface area (TPSA) is 145 Å². The molecule has 140 valence electrons. The molecule has 1 atom stereocenters. The Morgan fingerprint density at radius 3 is 2.04 bits per heavy atom. The number of hydrogen-bond donors (Lipinski definition) is 3. The lowest BCUT2D eigenvalue weighted by molar-refractivity contribution is -0.189. The molecule has 0 aliphatic rings. The maximum absolute atomic E-state index is 11.7. The molecule has 0 heterocycles. The summed E-state index contributed by atoms with van der Waals surface area (Å²) in [4.78, 5) is 34.7. The monoisotopic (exact) mass is 349 g/mol. The van der Waals surface area contributed by atoms with Gasteiger partial charge in [0.05, 0.1) is 19.3 Å². The van der Waals surface area contributed by atoms with Gasteiger partial charge in [0.2, 0.25) is 0 Å². The van der Waals surface area contributed by atoms with E-state index in [0.717, 1.165) is 0 Å². The lowest BCUT2D eigenvalue weighted by atomic mass is 9.91. The molecule has 0 aliphatic heterocycles. The van der Waals surface area contributed by atoms with E-state index < -0.39 is 35.2 Å². The molecule has 1 unspecified atom stereocenters. The van der Waals surface area contributed by atoms with Crippen LogP contribution in [0.3, 0.4) is 0 Å². The van der Waals surface area contributed by atoms with Crippen LogP contribution in [0.15, 0.2) is 0 Å². The fourth-order valence-corrected chi connectivity index (χ4v) is 1.91. The van der Waals surface area contributed by atoms with E-state index in [4.69, 9.17) is 19.9 Å². The zero-order valence-corrected chi connectivity index (χ0v) is 14.5. The number of nitrogens with two attached hydrogens (primary N) is 1. The first kappa shape index (κ1) is 22.3. The van der Waals surface area contributed by atoms with Crippen molar-refractivity contribution in [3.63, 3.8) is 0 Å². The van der Waals surface area contributed by atoms with Gasteiger partial charge in [0.25, 0.3) is 5.60 Å². The Morgan fingerprint density at radius 1 is 1.08 bits per heavy atom. The highest BCUT2D eigenvalue weighted by Crippen LogP contribution is 2.21. The van der Waals surface area contributed by atoms with Crippen molar-refractivity contribution in [2.75, 3.05) is 19.8 Å². The van der Waals surface area contributed by atoms with Gasteiger partial charge in [0, 0.05) is 13.0 Å². The quantitative estimate of drug-likeness (QED) is 0.274. The van der Waals surface area contributed by atoms with Gasteiger partial charge < -0.3 is 30.2 Å². The Morgan fingerprint density at radius 2 is 1.62 bits per heavy atom. The van der Waals surface area contributed by atoms with E-state index in [1.54, 1.807) is 27.7 Å². The number of carbonyl (C=O) groups is 3. The first-order chi connectivity index (χ1) is 11.0. The molecule has 0 aromatic heterocycles. The maximum atomic E-state index is 11.7. The predicted octanol–water partition coefficient (Wildman–Crippen LogP) is 0.397. The second-order valence-corrected chi connectivity index (χ2v) is 6.12. The summed E-state index contributed by atoms with van der Waals surface area (Å²) in [6.45, 7) is 6.92. The van der Waals surface area contributed by atoms with Crippen molar-refractivity contribution in [3.05, 3.63) is 0 Å². The molecule has 9 nitrogen and oxygen atoms in total. The van der Waals surface area contributed by atoms with Gasteiger partial charge >= 0.3 is 17.9 Å². The fraction of sp³-hybridized carbons (Fsp3) is 0.800. The average molecular weight is 349 g/mol. The van der Waals surface area contributed by atoms with Gasteiger partial charge in [-0.25, -0.2) is 9.59 Å². The van der Waals surface area contributed by atoms with E-state index >= 15 is 0 Å². The molecule has 4 N–H and O–H groups in total. The minimum absolute atomic E-state index is 0.0254. The number of aliphatic carboxylic acids is 2. The number of carboxylic acid groups (broad SMARTS) is 2. The van der Waals surface area contributed by atoms with Crippen LogP contribution in [-0.2, 0) is 28.6 Å². The molecule has 0 rings (SSSR count). The van der Waals surface area contributed by atoms with E-state index in [9.17, 15) is 24.6 Å². The Kier molecular flexibility index (Phi) is 8.87. The summed E-state index contributed by atoms with van der Waals surface area (Å²) in [5, 5.41) is 18.7. The molecule has 9 heteroatoms. The molecule has 0 aliphatic carbocycles. The summed E-state index contributed by atoms with van der Waals surface area (Å²) < 4.78 is 15.1.